The second kappa shape index (κ2) is 3.49. The Morgan fingerprint density at radius 1 is 1.40 bits per heavy atom. The average molecular weight is 208 g/mol. The smallest absolute Gasteiger partial charge is 0.129 e. The SMILES string of the molecule is CC1(C)CN(c2cccc(F)c2CN)C1. The Balaban J connectivity index is 2.26. The summed E-state index contributed by atoms with van der Waals surface area (Å²) >= 11 is 0. The molecule has 0 spiro atoms. The topological polar surface area (TPSA) is 29.3 Å². The lowest BCUT2D eigenvalue weighted by Crippen LogP contribution is -2.53. The van der Waals surface area contributed by atoms with E-state index in [1.807, 2.05) is 6.07 Å². The van der Waals surface area contributed by atoms with Crippen LogP contribution in [0.1, 0.15) is 19.4 Å². The van der Waals surface area contributed by atoms with Crippen LogP contribution in [0.2, 0.25) is 0 Å². The van der Waals surface area contributed by atoms with Gasteiger partial charge in [-0.05, 0) is 17.5 Å². The molecule has 0 amide bonds. The van der Waals surface area contributed by atoms with E-state index in [0.29, 0.717) is 11.0 Å². The molecule has 0 aliphatic carbocycles. The molecular formula is C12H17FN2. The molecule has 82 valence electrons. The maximum absolute atomic E-state index is 13.5. The molecule has 0 saturated carbocycles. The van der Waals surface area contributed by atoms with Crippen LogP contribution in [-0.4, -0.2) is 13.1 Å². The third-order valence-corrected chi connectivity index (χ3v) is 2.88. The lowest BCUT2D eigenvalue weighted by molar-refractivity contribution is 0.276. The van der Waals surface area contributed by atoms with Crippen molar-refractivity contribution >= 4 is 5.69 Å². The van der Waals surface area contributed by atoms with Gasteiger partial charge in [0.1, 0.15) is 5.82 Å². The maximum atomic E-state index is 13.5. The molecule has 0 unspecified atom stereocenters. The minimum Gasteiger partial charge on any atom is -0.370 e. The average Bonchev–Trinajstić information content (AvgIpc) is 2.13. The molecule has 0 bridgehead atoms. The van der Waals surface area contributed by atoms with Crippen molar-refractivity contribution in [2.75, 3.05) is 18.0 Å². The first-order chi connectivity index (χ1) is 7.03. The van der Waals surface area contributed by atoms with Gasteiger partial charge in [0.05, 0.1) is 0 Å². The minimum absolute atomic E-state index is 0.195. The molecule has 2 N–H and O–H groups in total. The minimum atomic E-state index is -0.195. The van der Waals surface area contributed by atoms with Crippen LogP contribution in [0.25, 0.3) is 0 Å². The van der Waals surface area contributed by atoms with E-state index in [2.05, 4.69) is 18.7 Å². The van der Waals surface area contributed by atoms with Gasteiger partial charge >= 0.3 is 0 Å². The van der Waals surface area contributed by atoms with Crippen LogP contribution < -0.4 is 10.6 Å². The molecule has 2 rings (SSSR count). The van der Waals surface area contributed by atoms with Crippen molar-refractivity contribution in [1.82, 2.24) is 0 Å². The highest BCUT2D eigenvalue weighted by atomic mass is 19.1. The standard InChI is InChI=1S/C12H17FN2/c1-12(2)7-15(8-12)11-5-3-4-10(13)9(11)6-14/h3-5H,6-8,14H2,1-2H3. The summed E-state index contributed by atoms with van der Waals surface area (Å²) in [4.78, 5) is 2.19. The van der Waals surface area contributed by atoms with Gasteiger partial charge in [-0.1, -0.05) is 19.9 Å². The fourth-order valence-corrected chi connectivity index (χ4v) is 2.20. The van der Waals surface area contributed by atoms with Gasteiger partial charge in [0.25, 0.3) is 0 Å². The Bertz CT molecular complexity index is 366. The molecule has 1 saturated heterocycles. The van der Waals surface area contributed by atoms with Crippen LogP contribution in [0.5, 0.6) is 0 Å². The summed E-state index contributed by atoms with van der Waals surface area (Å²) in [6.45, 7) is 6.64. The molecule has 1 heterocycles. The van der Waals surface area contributed by atoms with E-state index in [9.17, 15) is 4.39 Å². The first-order valence-electron chi connectivity index (χ1n) is 5.26. The van der Waals surface area contributed by atoms with E-state index in [-0.39, 0.29) is 12.4 Å². The highest BCUT2D eigenvalue weighted by Crippen LogP contribution is 2.35. The van der Waals surface area contributed by atoms with Crippen molar-refractivity contribution in [2.24, 2.45) is 11.1 Å². The van der Waals surface area contributed by atoms with E-state index in [0.717, 1.165) is 18.8 Å². The first kappa shape index (κ1) is 10.4. The van der Waals surface area contributed by atoms with Crippen LogP contribution in [-0.2, 0) is 6.54 Å². The molecule has 1 aliphatic heterocycles. The summed E-state index contributed by atoms with van der Waals surface area (Å²) in [5, 5.41) is 0. The number of nitrogens with zero attached hydrogens (tertiary/aromatic N) is 1. The number of hydrogen-bond acceptors (Lipinski definition) is 2. The second-order valence-corrected chi connectivity index (χ2v) is 4.96. The molecular weight excluding hydrogens is 191 g/mol. The quantitative estimate of drug-likeness (QED) is 0.806. The van der Waals surface area contributed by atoms with Gasteiger partial charge in [-0.15, -0.1) is 0 Å². The van der Waals surface area contributed by atoms with Crippen molar-refractivity contribution in [2.45, 2.75) is 20.4 Å². The fourth-order valence-electron chi connectivity index (χ4n) is 2.20. The number of benzene rings is 1. The zero-order chi connectivity index (χ0) is 11.1. The Hall–Kier alpha value is -1.09. The van der Waals surface area contributed by atoms with E-state index < -0.39 is 0 Å². The van der Waals surface area contributed by atoms with E-state index in [4.69, 9.17) is 5.73 Å². The van der Waals surface area contributed by atoms with E-state index >= 15 is 0 Å². The number of rotatable bonds is 2. The predicted molar refractivity (Wildman–Crippen MR) is 60.3 cm³/mol. The van der Waals surface area contributed by atoms with Crippen LogP contribution in [0, 0.1) is 11.2 Å². The zero-order valence-corrected chi connectivity index (χ0v) is 9.26. The number of anilines is 1. The molecule has 2 nitrogen and oxygen atoms in total. The van der Waals surface area contributed by atoms with Crippen molar-refractivity contribution in [1.29, 1.82) is 0 Å². The lowest BCUT2D eigenvalue weighted by Gasteiger charge is -2.48. The molecule has 1 fully saturated rings. The number of nitrogens with two attached hydrogens (primary N) is 1. The van der Waals surface area contributed by atoms with Gasteiger partial charge in [-0.25, -0.2) is 4.39 Å². The Morgan fingerprint density at radius 3 is 2.60 bits per heavy atom. The first-order valence-corrected chi connectivity index (χ1v) is 5.26. The maximum Gasteiger partial charge on any atom is 0.129 e. The van der Waals surface area contributed by atoms with Gasteiger partial charge in [-0.3, -0.25) is 0 Å². The normalized spacial score (nSPS) is 18.8. The van der Waals surface area contributed by atoms with Crippen LogP contribution in [0.4, 0.5) is 10.1 Å². The summed E-state index contributed by atoms with van der Waals surface area (Å²) in [5.74, 6) is -0.195. The second-order valence-electron chi connectivity index (χ2n) is 4.96. The molecule has 1 aliphatic rings. The van der Waals surface area contributed by atoms with Crippen molar-refractivity contribution in [3.63, 3.8) is 0 Å². The van der Waals surface area contributed by atoms with Crippen LogP contribution in [0.15, 0.2) is 18.2 Å². The molecule has 15 heavy (non-hydrogen) atoms. The molecule has 0 atom stereocenters. The van der Waals surface area contributed by atoms with Gasteiger partial charge in [0, 0.05) is 30.9 Å². The Morgan fingerprint density at radius 2 is 2.07 bits per heavy atom. The van der Waals surface area contributed by atoms with E-state index in [1.54, 1.807) is 6.07 Å². The highest BCUT2D eigenvalue weighted by molar-refractivity contribution is 5.56. The summed E-state index contributed by atoms with van der Waals surface area (Å²) in [5.41, 5.74) is 7.50. The molecule has 1 aromatic rings. The van der Waals surface area contributed by atoms with Gasteiger partial charge in [-0.2, -0.15) is 0 Å². The zero-order valence-electron chi connectivity index (χ0n) is 9.26. The van der Waals surface area contributed by atoms with Gasteiger partial charge in [0.2, 0.25) is 0 Å². The molecule has 0 aromatic heterocycles. The third-order valence-electron chi connectivity index (χ3n) is 2.88. The molecule has 3 heteroatoms. The van der Waals surface area contributed by atoms with Crippen molar-refractivity contribution in [3.8, 4) is 0 Å². The lowest BCUT2D eigenvalue weighted by atomic mass is 9.83. The van der Waals surface area contributed by atoms with Gasteiger partial charge in [0.15, 0.2) is 0 Å². The van der Waals surface area contributed by atoms with Gasteiger partial charge < -0.3 is 10.6 Å². The predicted octanol–water partition coefficient (Wildman–Crippen LogP) is 2.13. The number of halogens is 1. The monoisotopic (exact) mass is 208 g/mol. The van der Waals surface area contributed by atoms with Crippen molar-refractivity contribution < 1.29 is 4.39 Å². The Labute approximate surface area is 89.9 Å². The van der Waals surface area contributed by atoms with E-state index in [1.165, 1.54) is 6.07 Å². The summed E-state index contributed by atoms with van der Waals surface area (Å²) in [6, 6.07) is 5.16. The van der Waals surface area contributed by atoms with Crippen LogP contribution >= 0.6 is 0 Å². The number of hydrogen-bond donors (Lipinski definition) is 1. The largest absolute Gasteiger partial charge is 0.370 e. The Kier molecular flexibility index (Phi) is 2.43. The molecule has 1 aromatic carbocycles. The highest BCUT2D eigenvalue weighted by Gasteiger charge is 2.35. The molecule has 0 radical (unpaired) electrons. The van der Waals surface area contributed by atoms with Crippen molar-refractivity contribution in [3.05, 3.63) is 29.6 Å². The summed E-state index contributed by atoms with van der Waals surface area (Å²) < 4.78 is 13.5. The van der Waals surface area contributed by atoms with Crippen LogP contribution in [0.3, 0.4) is 0 Å². The summed E-state index contributed by atoms with van der Waals surface area (Å²) in [6.07, 6.45) is 0. The fraction of sp³-hybridized carbons (Fsp3) is 0.500. The third kappa shape index (κ3) is 1.84. The summed E-state index contributed by atoms with van der Waals surface area (Å²) in [7, 11) is 0.